The lowest BCUT2D eigenvalue weighted by Gasteiger charge is -2.28. The third-order valence-corrected chi connectivity index (χ3v) is 5.61. The number of hydrogen-bond donors (Lipinski definition) is 1. The lowest BCUT2D eigenvalue weighted by molar-refractivity contribution is -0.127. The zero-order chi connectivity index (χ0) is 21.2. The van der Waals surface area contributed by atoms with E-state index in [-0.39, 0.29) is 23.5 Å². The van der Waals surface area contributed by atoms with Gasteiger partial charge in [-0.05, 0) is 37.6 Å². The smallest absolute Gasteiger partial charge is 0.223 e. The summed E-state index contributed by atoms with van der Waals surface area (Å²) in [5, 5.41) is 2.71. The first-order chi connectivity index (χ1) is 13.7. The van der Waals surface area contributed by atoms with Crippen molar-refractivity contribution < 1.29 is 9.59 Å². The van der Waals surface area contributed by atoms with E-state index in [2.05, 4.69) is 26.8 Å². The second kappa shape index (κ2) is 8.45. The molecule has 0 saturated carbocycles. The van der Waals surface area contributed by atoms with E-state index in [1.807, 2.05) is 32.9 Å². The number of fused-ring (bicyclic) bond motifs is 1. The Morgan fingerprint density at radius 1 is 1.21 bits per heavy atom. The van der Waals surface area contributed by atoms with Crippen molar-refractivity contribution in [1.29, 1.82) is 0 Å². The van der Waals surface area contributed by atoms with E-state index < -0.39 is 5.92 Å². The van der Waals surface area contributed by atoms with Crippen molar-refractivity contribution in [3.05, 3.63) is 35.9 Å². The number of pyridine rings is 1. The minimum atomic E-state index is -0.412. The summed E-state index contributed by atoms with van der Waals surface area (Å²) in [5.41, 5.74) is 2.05. The number of imidazole rings is 1. The predicted octanol–water partition coefficient (Wildman–Crippen LogP) is 2.76. The van der Waals surface area contributed by atoms with Crippen LogP contribution in [0.2, 0.25) is 0 Å². The Bertz CT molecular complexity index is 883. The maximum Gasteiger partial charge on any atom is 0.223 e. The molecule has 7 heteroatoms. The van der Waals surface area contributed by atoms with Crippen LogP contribution in [-0.4, -0.2) is 51.8 Å². The van der Waals surface area contributed by atoms with Crippen LogP contribution < -0.4 is 5.32 Å². The van der Waals surface area contributed by atoms with Gasteiger partial charge >= 0.3 is 0 Å². The predicted molar refractivity (Wildman–Crippen MR) is 112 cm³/mol. The first-order valence-electron chi connectivity index (χ1n) is 10.2. The van der Waals surface area contributed by atoms with Gasteiger partial charge in [0.2, 0.25) is 5.91 Å². The number of nitrogens with zero attached hydrogens (tertiary/aromatic N) is 4. The first-order valence-corrected chi connectivity index (χ1v) is 10.2. The minimum absolute atomic E-state index is 0.0760. The summed E-state index contributed by atoms with van der Waals surface area (Å²) in [5.74, 6) is 0.203. The van der Waals surface area contributed by atoms with Gasteiger partial charge in [-0.3, -0.25) is 14.6 Å². The molecule has 1 aliphatic rings. The fourth-order valence-electron chi connectivity index (χ4n) is 3.91. The minimum Gasteiger partial charge on any atom is -0.359 e. The van der Waals surface area contributed by atoms with Gasteiger partial charge in [0, 0.05) is 44.5 Å². The molecule has 1 N–H and O–H groups in total. The zero-order valence-corrected chi connectivity index (χ0v) is 18.0. The Morgan fingerprint density at radius 2 is 1.90 bits per heavy atom. The van der Waals surface area contributed by atoms with Crippen molar-refractivity contribution in [3.63, 3.8) is 0 Å². The summed E-state index contributed by atoms with van der Waals surface area (Å²) >= 11 is 0. The molecule has 0 aromatic carbocycles. The van der Waals surface area contributed by atoms with E-state index in [0.717, 1.165) is 36.6 Å². The number of nitrogens with one attached hydrogen (secondary N) is 1. The molecule has 0 fully saturated rings. The number of rotatable bonds is 5. The fraction of sp³-hybridized carbons (Fsp3) is 0.545. The normalized spacial score (nSPS) is 16.0. The molecule has 0 saturated heterocycles. The van der Waals surface area contributed by atoms with Crippen molar-refractivity contribution in [2.24, 2.45) is 11.3 Å². The quantitative estimate of drug-likeness (QED) is 0.785. The van der Waals surface area contributed by atoms with Crippen LogP contribution in [0.25, 0.3) is 11.4 Å². The molecule has 29 heavy (non-hydrogen) atoms. The summed E-state index contributed by atoms with van der Waals surface area (Å²) in [6.07, 6.45) is 4.62. The summed E-state index contributed by atoms with van der Waals surface area (Å²) in [6.45, 7) is 8.42. The van der Waals surface area contributed by atoms with E-state index in [4.69, 9.17) is 4.98 Å². The monoisotopic (exact) mass is 397 g/mol. The lowest BCUT2D eigenvalue weighted by Crippen LogP contribution is -2.37. The van der Waals surface area contributed by atoms with Crippen LogP contribution in [-0.2, 0) is 17.9 Å². The lowest BCUT2D eigenvalue weighted by atomic mass is 9.77. The Kier molecular flexibility index (Phi) is 6.17. The molecule has 0 aliphatic carbocycles. The molecule has 0 bridgehead atoms. The van der Waals surface area contributed by atoms with Crippen molar-refractivity contribution in [3.8, 4) is 11.4 Å². The molecular weight excluding hydrogens is 366 g/mol. The third-order valence-electron chi connectivity index (χ3n) is 5.61. The third kappa shape index (κ3) is 4.56. The number of ketones is 1. The van der Waals surface area contributed by atoms with Crippen LogP contribution in [0.4, 0.5) is 0 Å². The van der Waals surface area contributed by atoms with Gasteiger partial charge in [-0.2, -0.15) is 0 Å². The molecule has 0 unspecified atom stereocenters. The van der Waals surface area contributed by atoms with Crippen LogP contribution in [0.5, 0.6) is 0 Å². The average molecular weight is 398 g/mol. The van der Waals surface area contributed by atoms with E-state index in [1.165, 1.54) is 0 Å². The molecule has 1 atom stereocenters. The number of carbonyl (C=O) groups excluding carboxylic acids is 2. The Balaban J connectivity index is 2.03. The highest BCUT2D eigenvalue weighted by Crippen LogP contribution is 2.32. The van der Waals surface area contributed by atoms with Crippen LogP contribution in [0.3, 0.4) is 0 Å². The van der Waals surface area contributed by atoms with Crippen LogP contribution in [0.1, 0.15) is 49.8 Å². The molecule has 1 amide bonds. The maximum absolute atomic E-state index is 13.4. The van der Waals surface area contributed by atoms with E-state index in [1.54, 1.807) is 19.4 Å². The second-order valence-corrected chi connectivity index (χ2v) is 8.87. The van der Waals surface area contributed by atoms with Gasteiger partial charge in [0.25, 0.3) is 0 Å². The van der Waals surface area contributed by atoms with Crippen molar-refractivity contribution in [2.45, 2.75) is 46.7 Å². The molecule has 1 aliphatic heterocycles. The van der Waals surface area contributed by atoms with Gasteiger partial charge in [-0.25, -0.2) is 4.98 Å². The van der Waals surface area contributed by atoms with Crippen LogP contribution in [0.15, 0.2) is 24.5 Å². The molecule has 156 valence electrons. The van der Waals surface area contributed by atoms with Gasteiger partial charge in [0.1, 0.15) is 11.5 Å². The van der Waals surface area contributed by atoms with Crippen molar-refractivity contribution in [2.75, 3.05) is 20.6 Å². The first kappa shape index (κ1) is 21.2. The summed E-state index contributed by atoms with van der Waals surface area (Å²) in [6, 6.07) is 3.84. The Morgan fingerprint density at radius 3 is 2.52 bits per heavy atom. The van der Waals surface area contributed by atoms with E-state index in [9.17, 15) is 9.59 Å². The maximum atomic E-state index is 13.4. The number of carbonyl (C=O) groups is 2. The molecule has 3 rings (SSSR count). The number of Topliss-reactive ketones (excluding diaryl/α,β-unsaturated/α-hetero) is 1. The highest BCUT2D eigenvalue weighted by molar-refractivity contribution is 5.98. The number of hydrogen-bond acceptors (Lipinski definition) is 5. The summed E-state index contributed by atoms with van der Waals surface area (Å²) in [7, 11) is 3.68. The highest BCUT2D eigenvalue weighted by Gasteiger charge is 2.35. The Hall–Kier alpha value is -2.54. The largest absolute Gasteiger partial charge is 0.359 e. The summed E-state index contributed by atoms with van der Waals surface area (Å²) < 4.78 is 2.16. The topological polar surface area (TPSA) is 80.1 Å². The molecule has 2 aromatic heterocycles. The van der Waals surface area contributed by atoms with Gasteiger partial charge in [-0.1, -0.05) is 20.8 Å². The van der Waals surface area contributed by atoms with Crippen LogP contribution in [0, 0.1) is 11.3 Å². The van der Waals surface area contributed by atoms with Crippen LogP contribution >= 0.6 is 0 Å². The molecule has 0 spiro atoms. The van der Waals surface area contributed by atoms with Gasteiger partial charge < -0.3 is 14.8 Å². The molecule has 0 radical (unpaired) electrons. The number of amides is 1. The second-order valence-electron chi connectivity index (χ2n) is 8.87. The molecular formula is C22H31N5O2. The highest BCUT2D eigenvalue weighted by atomic mass is 16.2. The van der Waals surface area contributed by atoms with Gasteiger partial charge in [0.05, 0.1) is 11.6 Å². The van der Waals surface area contributed by atoms with E-state index in [0.29, 0.717) is 12.2 Å². The number of aromatic nitrogens is 3. The van der Waals surface area contributed by atoms with Gasteiger partial charge in [0.15, 0.2) is 5.78 Å². The zero-order valence-electron chi connectivity index (χ0n) is 18.0. The summed E-state index contributed by atoms with van der Waals surface area (Å²) in [4.78, 5) is 36.9. The molecule has 3 heterocycles. The SMILES string of the molecule is CNC(=O)[C@@H](CC(=O)c1nc(-c2ccncc2)n2c1CN(C)CCC2)C(C)(C)C. The standard InChI is InChI=1S/C22H31N5O2/c1-22(2,3)16(21(29)23-4)13-18(28)19-17-14-26(5)11-6-12-27(17)20(25-19)15-7-9-24-10-8-15/h7-10,16H,6,11-14H2,1-5H3,(H,23,29)/t16-/m1/s1. The molecule has 7 nitrogen and oxygen atoms in total. The Labute approximate surface area is 172 Å². The van der Waals surface area contributed by atoms with Gasteiger partial charge in [-0.15, -0.1) is 0 Å². The van der Waals surface area contributed by atoms with Crippen molar-refractivity contribution in [1.82, 2.24) is 24.8 Å². The van der Waals surface area contributed by atoms with E-state index >= 15 is 0 Å². The van der Waals surface area contributed by atoms with Crippen molar-refractivity contribution >= 4 is 11.7 Å². The molecule has 2 aromatic rings. The fourth-order valence-corrected chi connectivity index (χ4v) is 3.91. The average Bonchev–Trinajstić information content (AvgIpc) is 2.92.